The number of methoxy groups -OCH3 is 1. The minimum atomic E-state index is -0.253. The predicted molar refractivity (Wildman–Crippen MR) is 73.1 cm³/mol. The smallest absolute Gasteiger partial charge is 0.307 e. The fraction of sp³-hybridized carbons (Fsp3) is 0.462. The van der Waals surface area contributed by atoms with E-state index in [-0.39, 0.29) is 23.8 Å². The second-order valence-corrected chi connectivity index (χ2v) is 5.10. The fourth-order valence-electron chi connectivity index (χ4n) is 2.13. The summed E-state index contributed by atoms with van der Waals surface area (Å²) in [4.78, 5) is 20.0. The molecule has 0 N–H and O–H groups in total. The average Bonchev–Trinajstić information content (AvgIpc) is 2.78. The Morgan fingerprint density at radius 3 is 2.89 bits per heavy atom. The number of fused-ring (bicyclic) bond motifs is 1. The van der Waals surface area contributed by atoms with Gasteiger partial charge in [0, 0.05) is 12.2 Å². The minimum absolute atomic E-state index is 0.0731. The first kappa shape index (κ1) is 13.8. The summed E-state index contributed by atoms with van der Waals surface area (Å²) in [6.45, 7) is 3.80. The lowest BCUT2D eigenvalue weighted by atomic mass is 10.2. The van der Waals surface area contributed by atoms with Gasteiger partial charge in [0.15, 0.2) is 0 Å². The maximum atomic E-state index is 11.4. The Kier molecular flexibility index (Phi) is 4.04. The Labute approximate surface area is 116 Å². The maximum Gasteiger partial charge on any atom is 0.307 e. The van der Waals surface area contributed by atoms with E-state index in [1.165, 1.54) is 7.11 Å². The Morgan fingerprint density at radius 2 is 2.26 bits per heavy atom. The molecule has 0 aliphatic rings. The molecule has 0 amide bonds. The molecule has 0 aliphatic heterocycles. The van der Waals surface area contributed by atoms with Crippen molar-refractivity contribution in [2.75, 3.05) is 7.11 Å². The zero-order chi connectivity index (χ0) is 14.0. The third kappa shape index (κ3) is 2.71. The molecule has 0 saturated carbocycles. The van der Waals surface area contributed by atoms with Gasteiger partial charge in [-0.15, -0.1) is 11.6 Å². The molecule has 19 heavy (non-hydrogen) atoms. The van der Waals surface area contributed by atoms with E-state index in [9.17, 15) is 4.79 Å². The zero-order valence-corrected chi connectivity index (χ0v) is 11.9. The van der Waals surface area contributed by atoms with Crippen LogP contribution in [0.5, 0.6) is 0 Å². The van der Waals surface area contributed by atoms with Crippen molar-refractivity contribution < 1.29 is 9.53 Å². The molecule has 0 aromatic carbocycles. The van der Waals surface area contributed by atoms with Crippen LogP contribution in [-0.4, -0.2) is 27.6 Å². The van der Waals surface area contributed by atoms with E-state index in [2.05, 4.69) is 9.97 Å². The molecule has 2 rings (SSSR count). The number of rotatable bonds is 4. The van der Waals surface area contributed by atoms with E-state index < -0.39 is 0 Å². The average molecular weight is 282 g/mol. The maximum absolute atomic E-state index is 11.4. The number of pyridine rings is 1. The molecule has 2 atom stereocenters. The number of aromatic nitrogens is 3. The van der Waals surface area contributed by atoms with Gasteiger partial charge >= 0.3 is 5.97 Å². The number of carbonyl (C=O) groups is 1. The molecule has 0 aliphatic carbocycles. The number of halogens is 1. The van der Waals surface area contributed by atoms with Crippen LogP contribution in [0.15, 0.2) is 18.5 Å². The van der Waals surface area contributed by atoms with E-state index in [1.54, 1.807) is 12.4 Å². The lowest BCUT2D eigenvalue weighted by Crippen LogP contribution is -2.15. The number of esters is 1. The van der Waals surface area contributed by atoms with Gasteiger partial charge in [0.2, 0.25) is 0 Å². The van der Waals surface area contributed by atoms with Crippen molar-refractivity contribution in [2.24, 2.45) is 0 Å². The number of alkyl halides is 1. The van der Waals surface area contributed by atoms with Crippen molar-refractivity contribution in [1.82, 2.24) is 14.5 Å². The first-order valence-electron chi connectivity index (χ1n) is 6.07. The van der Waals surface area contributed by atoms with Gasteiger partial charge in [-0.05, 0) is 19.9 Å². The van der Waals surface area contributed by atoms with Gasteiger partial charge in [-0.25, -0.2) is 4.98 Å². The molecule has 6 heteroatoms. The van der Waals surface area contributed by atoms with Crippen LogP contribution in [0.4, 0.5) is 0 Å². The highest BCUT2D eigenvalue weighted by molar-refractivity contribution is 6.20. The molecule has 0 spiro atoms. The van der Waals surface area contributed by atoms with E-state index in [0.29, 0.717) is 0 Å². The molecule has 2 aromatic rings. The van der Waals surface area contributed by atoms with Gasteiger partial charge in [-0.2, -0.15) is 0 Å². The summed E-state index contributed by atoms with van der Waals surface area (Å²) in [5, 5.41) is -0.243. The van der Waals surface area contributed by atoms with Crippen LogP contribution < -0.4 is 0 Å². The standard InChI is InChI=1S/C13H16ClN3O2/c1-8(6-12(18)19-3)17-11-4-5-15-7-10(11)16-13(17)9(2)14/h4-5,7-9H,6H2,1-3H3. The molecule has 2 aromatic heterocycles. The highest BCUT2D eigenvalue weighted by atomic mass is 35.5. The Balaban J connectivity index is 2.49. The molecule has 0 radical (unpaired) electrons. The van der Waals surface area contributed by atoms with E-state index >= 15 is 0 Å². The van der Waals surface area contributed by atoms with Gasteiger partial charge in [0.25, 0.3) is 0 Å². The second kappa shape index (κ2) is 5.57. The Bertz CT molecular complexity index is 595. The summed E-state index contributed by atoms with van der Waals surface area (Å²) in [7, 11) is 1.38. The summed E-state index contributed by atoms with van der Waals surface area (Å²) < 4.78 is 6.69. The SMILES string of the molecule is COC(=O)CC(C)n1c(C(C)Cl)nc2cnccc21. The first-order valence-corrected chi connectivity index (χ1v) is 6.51. The number of nitrogens with zero attached hydrogens (tertiary/aromatic N) is 3. The first-order chi connectivity index (χ1) is 9.04. The fourth-order valence-corrected chi connectivity index (χ4v) is 2.28. The van der Waals surface area contributed by atoms with Crippen LogP contribution in [-0.2, 0) is 9.53 Å². The van der Waals surface area contributed by atoms with Crippen LogP contribution in [0, 0.1) is 0 Å². The molecular weight excluding hydrogens is 266 g/mol. The number of ether oxygens (including phenoxy) is 1. The van der Waals surface area contributed by atoms with E-state index in [1.807, 2.05) is 24.5 Å². The quantitative estimate of drug-likeness (QED) is 0.639. The molecule has 0 bridgehead atoms. The van der Waals surface area contributed by atoms with Gasteiger partial charge < -0.3 is 9.30 Å². The Hall–Kier alpha value is -1.62. The molecule has 0 fully saturated rings. The van der Waals surface area contributed by atoms with Crippen LogP contribution in [0.1, 0.15) is 37.5 Å². The van der Waals surface area contributed by atoms with Gasteiger partial charge in [0.1, 0.15) is 11.3 Å². The van der Waals surface area contributed by atoms with Crippen molar-refractivity contribution in [3.8, 4) is 0 Å². The van der Waals surface area contributed by atoms with Gasteiger partial charge in [-0.3, -0.25) is 9.78 Å². The monoisotopic (exact) mass is 281 g/mol. The highest BCUT2D eigenvalue weighted by Crippen LogP contribution is 2.28. The summed E-state index contributed by atoms with van der Waals surface area (Å²) in [5.41, 5.74) is 1.70. The third-order valence-electron chi connectivity index (χ3n) is 3.01. The summed E-state index contributed by atoms with van der Waals surface area (Å²) in [5.74, 6) is 0.484. The number of imidazole rings is 1. The van der Waals surface area contributed by atoms with Crippen molar-refractivity contribution in [2.45, 2.75) is 31.7 Å². The molecule has 0 saturated heterocycles. The van der Waals surface area contributed by atoms with Crippen molar-refractivity contribution in [3.63, 3.8) is 0 Å². The van der Waals surface area contributed by atoms with Crippen LogP contribution in [0.25, 0.3) is 11.0 Å². The number of hydrogen-bond donors (Lipinski definition) is 0. The molecule has 2 heterocycles. The molecular formula is C13H16ClN3O2. The Morgan fingerprint density at radius 1 is 1.53 bits per heavy atom. The molecule has 2 unspecified atom stereocenters. The normalized spacial score (nSPS) is 14.3. The number of hydrogen-bond acceptors (Lipinski definition) is 4. The third-order valence-corrected chi connectivity index (χ3v) is 3.20. The number of carbonyl (C=O) groups excluding carboxylic acids is 1. The second-order valence-electron chi connectivity index (χ2n) is 4.45. The van der Waals surface area contributed by atoms with Gasteiger partial charge in [-0.1, -0.05) is 0 Å². The summed E-state index contributed by atoms with van der Waals surface area (Å²) in [6, 6.07) is 1.80. The van der Waals surface area contributed by atoms with E-state index in [0.717, 1.165) is 16.9 Å². The lowest BCUT2D eigenvalue weighted by molar-refractivity contribution is -0.141. The minimum Gasteiger partial charge on any atom is -0.469 e. The van der Waals surface area contributed by atoms with Gasteiger partial charge in [0.05, 0.1) is 30.6 Å². The summed E-state index contributed by atoms with van der Waals surface area (Å²) >= 11 is 6.17. The highest BCUT2D eigenvalue weighted by Gasteiger charge is 2.21. The van der Waals surface area contributed by atoms with Crippen molar-refractivity contribution >= 4 is 28.6 Å². The zero-order valence-electron chi connectivity index (χ0n) is 11.1. The van der Waals surface area contributed by atoms with Crippen LogP contribution >= 0.6 is 11.6 Å². The lowest BCUT2D eigenvalue weighted by Gasteiger charge is -2.17. The summed E-state index contributed by atoms with van der Waals surface area (Å²) in [6.07, 6.45) is 3.68. The largest absolute Gasteiger partial charge is 0.469 e. The predicted octanol–water partition coefficient (Wildman–Crippen LogP) is 2.86. The van der Waals surface area contributed by atoms with Crippen LogP contribution in [0.2, 0.25) is 0 Å². The molecule has 102 valence electrons. The molecule has 5 nitrogen and oxygen atoms in total. The van der Waals surface area contributed by atoms with Crippen LogP contribution in [0.3, 0.4) is 0 Å². The topological polar surface area (TPSA) is 57.0 Å². The van der Waals surface area contributed by atoms with E-state index in [4.69, 9.17) is 16.3 Å². The van der Waals surface area contributed by atoms with Crippen molar-refractivity contribution in [3.05, 3.63) is 24.3 Å². The van der Waals surface area contributed by atoms with Crippen molar-refractivity contribution in [1.29, 1.82) is 0 Å².